The van der Waals surface area contributed by atoms with E-state index in [2.05, 4.69) is 19.9 Å². The molecule has 1 unspecified atom stereocenters. The minimum atomic E-state index is -0.450. The number of halogens is 1. The normalized spacial score (nSPS) is 21.3. The number of nitrogens with zero attached hydrogens (tertiary/aromatic N) is 2. The first kappa shape index (κ1) is 19.4. The molecule has 4 nitrogen and oxygen atoms in total. The highest BCUT2D eigenvalue weighted by Crippen LogP contribution is 2.51. The number of allylic oxidation sites excluding steroid dienone is 3. The molecule has 2 aliphatic rings. The fourth-order valence-corrected chi connectivity index (χ4v) is 5.28. The van der Waals surface area contributed by atoms with Crippen molar-refractivity contribution in [3.8, 4) is 6.07 Å². The molecule has 148 valence electrons. The van der Waals surface area contributed by atoms with Crippen LogP contribution in [0.25, 0.3) is 0 Å². The van der Waals surface area contributed by atoms with Gasteiger partial charge in [-0.2, -0.15) is 5.26 Å². The molecule has 1 aliphatic carbocycles. The van der Waals surface area contributed by atoms with Gasteiger partial charge in [0.25, 0.3) is 0 Å². The summed E-state index contributed by atoms with van der Waals surface area (Å²) in [6.45, 7) is 6.12. The largest absolute Gasteiger partial charge is 0.384 e. The highest BCUT2D eigenvalue weighted by Gasteiger charge is 2.45. The van der Waals surface area contributed by atoms with E-state index in [9.17, 15) is 14.4 Å². The molecule has 0 spiro atoms. The molecule has 0 fully saturated rings. The number of nitriles is 1. The van der Waals surface area contributed by atoms with Gasteiger partial charge in [0.2, 0.25) is 0 Å². The van der Waals surface area contributed by atoms with Gasteiger partial charge in [0.15, 0.2) is 5.78 Å². The molecule has 0 amide bonds. The molecule has 29 heavy (non-hydrogen) atoms. The second-order valence-corrected chi connectivity index (χ2v) is 9.72. The molecule has 2 aromatic rings. The molecule has 2 N–H and O–H groups in total. The average molecular weight is 408 g/mol. The molecule has 0 saturated heterocycles. The van der Waals surface area contributed by atoms with Crippen LogP contribution in [0, 0.1) is 29.5 Å². The third-order valence-electron chi connectivity index (χ3n) is 5.51. The minimum Gasteiger partial charge on any atom is -0.384 e. The fraction of sp³-hybridized carbons (Fsp3) is 0.304. The monoisotopic (exact) mass is 407 g/mol. The molecule has 1 aromatic heterocycles. The fourth-order valence-electron chi connectivity index (χ4n) is 4.29. The van der Waals surface area contributed by atoms with Crippen LogP contribution < -0.4 is 10.6 Å². The molecular formula is C23H22FN3OS. The number of carbonyl (C=O) groups is 1. The van der Waals surface area contributed by atoms with E-state index >= 15 is 0 Å². The first-order chi connectivity index (χ1) is 13.7. The Bertz CT molecular complexity index is 1100. The number of carbonyl (C=O) groups excluding carboxylic acids is 1. The third-order valence-corrected chi connectivity index (χ3v) is 6.58. The number of Topliss-reactive ketones (excluding diaryl/α,β-unsaturated/α-hetero) is 1. The summed E-state index contributed by atoms with van der Waals surface area (Å²) in [4.78, 5) is 17.1. The van der Waals surface area contributed by atoms with Crippen LogP contribution in [0.2, 0.25) is 0 Å². The van der Waals surface area contributed by atoms with Crippen molar-refractivity contribution in [1.82, 2.24) is 0 Å². The van der Waals surface area contributed by atoms with Crippen molar-refractivity contribution < 1.29 is 9.18 Å². The van der Waals surface area contributed by atoms with Gasteiger partial charge in [-0.1, -0.05) is 13.8 Å². The Balaban J connectivity index is 1.99. The molecule has 6 heteroatoms. The quantitative estimate of drug-likeness (QED) is 0.749. The summed E-state index contributed by atoms with van der Waals surface area (Å²) in [6, 6.07) is 12.2. The Hall–Kier alpha value is -2.91. The summed E-state index contributed by atoms with van der Waals surface area (Å²) in [7, 11) is 0. The van der Waals surface area contributed by atoms with E-state index < -0.39 is 5.92 Å². The Labute approximate surface area is 173 Å². The standard InChI is InChI=1S/C23H22FN3OS/c1-13-4-9-19(29-13)20-16(12-25)22(26)27(15-7-5-14(24)6-8-15)17-10-23(2,3)11-18(28)21(17)20/h4-9,20H,10-11,26H2,1-3H3. The summed E-state index contributed by atoms with van der Waals surface area (Å²) < 4.78 is 13.5. The van der Waals surface area contributed by atoms with Gasteiger partial charge in [-0.3, -0.25) is 9.69 Å². The Kier molecular flexibility index (Phi) is 4.59. The number of aryl methyl sites for hydroxylation is 1. The smallest absolute Gasteiger partial charge is 0.162 e. The zero-order valence-corrected chi connectivity index (χ0v) is 17.4. The van der Waals surface area contributed by atoms with E-state index in [0.717, 1.165) is 15.5 Å². The lowest BCUT2D eigenvalue weighted by molar-refractivity contribution is -0.118. The summed E-state index contributed by atoms with van der Waals surface area (Å²) in [5.41, 5.74) is 8.76. The molecular weight excluding hydrogens is 385 g/mol. The Morgan fingerprint density at radius 3 is 2.48 bits per heavy atom. The number of hydrogen-bond donors (Lipinski definition) is 1. The SMILES string of the molecule is Cc1ccc(C2C(C#N)=C(N)N(c3ccc(F)cc3)C3=C2C(=O)CC(C)(C)C3)s1. The Morgan fingerprint density at radius 2 is 1.90 bits per heavy atom. The van der Waals surface area contributed by atoms with E-state index in [4.69, 9.17) is 5.73 Å². The second kappa shape index (κ2) is 6.85. The molecule has 4 rings (SSSR count). The van der Waals surface area contributed by atoms with Crippen molar-refractivity contribution in [3.63, 3.8) is 0 Å². The lowest BCUT2D eigenvalue weighted by Crippen LogP contribution is -2.42. The van der Waals surface area contributed by atoms with Crippen molar-refractivity contribution in [2.45, 2.75) is 39.5 Å². The number of benzene rings is 1. The minimum absolute atomic E-state index is 0.0414. The van der Waals surface area contributed by atoms with Crippen molar-refractivity contribution >= 4 is 22.8 Å². The predicted octanol–water partition coefficient (Wildman–Crippen LogP) is 5.14. The summed E-state index contributed by atoms with van der Waals surface area (Å²) in [5, 5.41) is 9.98. The van der Waals surface area contributed by atoms with Gasteiger partial charge in [-0.05, 0) is 55.2 Å². The first-order valence-electron chi connectivity index (χ1n) is 9.50. The van der Waals surface area contributed by atoms with E-state index in [1.165, 1.54) is 12.1 Å². The van der Waals surface area contributed by atoms with Crippen LogP contribution in [0.3, 0.4) is 0 Å². The van der Waals surface area contributed by atoms with Crippen molar-refractivity contribution in [3.05, 3.63) is 74.6 Å². The number of nitrogens with two attached hydrogens (primary N) is 1. The lowest BCUT2D eigenvalue weighted by Gasteiger charge is -2.43. The van der Waals surface area contributed by atoms with Gasteiger partial charge in [-0.15, -0.1) is 11.3 Å². The molecule has 0 saturated carbocycles. The van der Waals surface area contributed by atoms with Gasteiger partial charge in [0.1, 0.15) is 11.6 Å². The predicted molar refractivity (Wildman–Crippen MR) is 113 cm³/mol. The highest BCUT2D eigenvalue weighted by molar-refractivity contribution is 7.12. The number of ketones is 1. The van der Waals surface area contributed by atoms with Gasteiger partial charge in [-0.25, -0.2) is 4.39 Å². The molecule has 0 radical (unpaired) electrons. The van der Waals surface area contributed by atoms with E-state index in [0.29, 0.717) is 35.5 Å². The molecule has 1 aliphatic heterocycles. The Morgan fingerprint density at radius 1 is 1.21 bits per heavy atom. The van der Waals surface area contributed by atoms with E-state index in [-0.39, 0.29) is 17.0 Å². The van der Waals surface area contributed by atoms with Crippen molar-refractivity contribution in [2.24, 2.45) is 11.1 Å². The zero-order chi connectivity index (χ0) is 20.9. The van der Waals surface area contributed by atoms with Gasteiger partial charge < -0.3 is 5.73 Å². The maximum absolute atomic E-state index is 13.5. The van der Waals surface area contributed by atoms with Crippen LogP contribution >= 0.6 is 11.3 Å². The van der Waals surface area contributed by atoms with Crippen LogP contribution in [0.4, 0.5) is 10.1 Å². The van der Waals surface area contributed by atoms with Crippen molar-refractivity contribution in [1.29, 1.82) is 5.26 Å². The topological polar surface area (TPSA) is 70.1 Å². The van der Waals surface area contributed by atoms with E-state index in [1.807, 2.05) is 19.1 Å². The summed E-state index contributed by atoms with van der Waals surface area (Å²) in [5.74, 6) is -0.455. The third kappa shape index (κ3) is 3.26. The number of thiophene rings is 1. The maximum Gasteiger partial charge on any atom is 0.162 e. The molecule has 1 atom stereocenters. The van der Waals surface area contributed by atoms with E-state index in [1.54, 1.807) is 28.4 Å². The zero-order valence-electron chi connectivity index (χ0n) is 16.6. The highest BCUT2D eigenvalue weighted by atomic mass is 32.1. The van der Waals surface area contributed by atoms with Crippen molar-refractivity contribution in [2.75, 3.05) is 4.90 Å². The van der Waals surface area contributed by atoms with Crippen LogP contribution in [-0.4, -0.2) is 5.78 Å². The number of anilines is 1. The van der Waals surface area contributed by atoms with Crippen LogP contribution in [0.1, 0.15) is 42.4 Å². The molecule has 2 heterocycles. The van der Waals surface area contributed by atoms with Crippen LogP contribution in [0.15, 0.2) is 59.1 Å². The van der Waals surface area contributed by atoms with Crippen LogP contribution in [-0.2, 0) is 4.79 Å². The second-order valence-electron chi connectivity index (χ2n) is 8.41. The van der Waals surface area contributed by atoms with Gasteiger partial charge in [0.05, 0.1) is 17.6 Å². The first-order valence-corrected chi connectivity index (χ1v) is 10.3. The number of rotatable bonds is 2. The maximum atomic E-state index is 13.5. The average Bonchev–Trinajstić information content (AvgIpc) is 3.07. The molecule has 1 aromatic carbocycles. The number of hydrogen-bond acceptors (Lipinski definition) is 5. The molecule has 0 bridgehead atoms. The van der Waals surface area contributed by atoms with Gasteiger partial charge in [0, 0.05) is 33.1 Å². The van der Waals surface area contributed by atoms with Gasteiger partial charge >= 0.3 is 0 Å². The summed E-state index contributed by atoms with van der Waals surface area (Å²) in [6.07, 6.45) is 1.06. The summed E-state index contributed by atoms with van der Waals surface area (Å²) >= 11 is 1.58. The van der Waals surface area contributed by atoms with Crippen LogP contribution in [0.5, 0.6) is 0 Å². The lowest BCUT2D eigenvalue weighted by atomic mass is 9.69.